The summed E-state index contributed by atoms with van der Waals surface area (Å²) in [5.74, 6) is 0. The summed E-state index contributed by atoms with van der Waals surface area (Å²) < 4.78 is 0. The van der Waals surface area contributed by atoms with E-state index in [9.17, 15) is 0 Å². The van der Waals surface area contributed by atoms with E-state index >= 15 is 0 Å². The van der Waals surface area contributed by atoms with Crippen molar-refractivity contribution >= 4 is 24.2 Å². The Balaban J connectivity index is 5.28. The highest BCUT2D eigenvalue weighted by Gasteiger charge is 2.47. The highest BCUT2D eigenvalue weighted by Crippen LogP contribution is 2.42. The van der Waals surface area contributed by atoms with Crippen LogP contribution in [0.15, 0.2) is 12.2 Å². The summed E-state index contributed by atoms with van der Waals surface area (Å²) in [6.45, 7) is 27.0. The molecule has 0 amide bonds. The van der Waals surface area contributed by atoms with Crippen LogP contribution >= 0.6 is 0 Å². The van der Waals surface area contributed by atoms with Gasteiger partial charge in [0.15, 0.2) is 0 Å². The Morgan fingerprint density at radius 1 is 0.875 bits per heavy atom. The Morgan fingerprint density at radius 2 is 1.19 bits per heavy atom. The van der Waals surface area contributed by atoms with Crippen molar-refractivity contribution in [1.29, 1.82) is 0 Å². The normalized spacial score (nSPS) is 14.4. The number of hydrogen-bond acceptors (Lipinski definition) is 0. The molecule has 0 saturated carbocycles. The average molecular weight is 273 g/mol. The van der Waals surface area contributed by atoms with E-state index in [1.807, 2.05) is 0 Å². The van der Waals surface area contributed by atoms with Crippen LogP contribution in [0.1, 0.15) is 6.92 Å². The number of hydrogen-bond donors (Lipinski definition) is 0. The van der Waals surface area contributed by atoms with Gasteiger partial charge in [-0.3, -0.25) is 0 Å². The summed E-state index contributed by atoms with van der Waals surface area (Å²) in [6.07, 6.45) is 0. The zero-order valence-corrected chi connectivity index (χ0v) is 16.0. The topological polar surface area (TPSA) is 0 Å². The molecular weight excluding hydrogens is 240 g/mol. The van der Waals surface area contributed by atoms with E-state index < -0.39 is 24.2 Å². The monoisotopic (exact) mass is 272 g/mol. The summed E-state index contributed by atoms with van der Waals surface area (Å²) in [4.78, 5) is 1.09. The van der Waals surface area contributed by atoms with Crippen molar-refractivity contribution in [3.8, 4) is 0 Å². The molecule has 0 rings (SSSR count). The molecule has 96 valence electrons. The van der Waals surface area contributed by atoms with Crippen molar-refractivity contribution in [3.63, 3.8) is 0 Å². The molecular formula is C13H32Si3. The largest absolute Gasteiger partial charge is 0.100 e. The van der Waals surface area contributed by atoms with Gasteiger partial charge < -0.3 is 0 Å². The van der Waals surface area contributed by atoms with E-state index in [0.717, 1.165) is 4.79 Å². The van der Waals surface area contributed by atoms with Crippen molar-refractivity contribution in [2.75, 3.05) is 0 Å². The Kier molecular flexibility index (Phi) is 5.06. The third-order valence-corrected chi connectivity index (χ3v) is 24.9. The highest BCUT2D eigenvalue weighted by molar-refractivity contribution is 7.12. The molecule has 0 unspecified atom stereocenters. The molecule has 0 atom stereocenters. The van der Waals surface area contributed by atoms with Crippen LogP contribution in [0, 0.1) is 0 Å². The molecule has 0 bridgehead atoms. The molecule has 0 radical (unpaired) electrons. The first-order chi connectivity index (χ1) is 6.78. The quantitative estimate of drug-likeness (QED) is 0.464. The van der Waals surface area contributed by atoms with E-state index in [1.165, 1.54) is 11.6 Å². The Labute approximate surface area is 107 Å². The molecule has 0 spiro atoms. The lowest BCUT2D eigenvalue weighted by molar-refractivity contribution is 1.25. The van der Waals surface area contributed by atoms with Gasteiger partial charge >= 0.3 is 0 Å². The van der Waals surface area contributed by atoms with E-state index in [2.05, 4.69) is 65.9 Å². The van der Waals surface area contributed by atoms with Crippen molar-refractivity contribution in [1.82, 2.24) is 0 Å². The molecule has 0 aromatic rings. The molecule has 0 aromatic carbocycles. The van der Waals surface area contributed by atoms with Crippen molar-refractivity contribution in [3.05, 3.63) is 12.2 Å². The second-order valence-corrected chi connectivity index (χ2v) is 25.5. The van der Waals surface area contributed by atoms with Crippen molar-refractivity contribution in [2.24, 2.45) is 0 Å². The van der Waals surface area contributed by atoms with Gasteiger partial charge in [0, 0.05) is 24.2 Å². The van der Waals surface area contributed by atoms with Gasteiger partial charge in [-0.05, 0) is 13.0 Å². The van der Waals surface area contributed by atoms with Gasteiger partial charge in [-0.2, -0.15) is 0 Å². The summed E-state index contributed by atoms with van der Waals surface area (Å²) in [6, 6.07) is 1.33. The lowest BCUT2D eigenvalue weighted by Crippen LogP contribution is -2.56. The zero-order valence-electron chi connectivity index (χ0n) is 13.0. The van der Waals surface area contributed by atoms with Crippen LogP contribution < -0.4 is 0 Å². The van der Waals surface area contributed by atoms with E-state index in [-0.39, 0.29) is 0 Å². The Hall–Kier alpha value is 0.391. The second-order valence-electron chi connectivity index (χ2n) is 8.29. The fraction of sp³-hybridized carbons (Fsp3) is 0.846. The average Bonchev–Trinajstić information content (AvgIpc) is 1.70. The lowest BCUT2D eigenvalue weighted by atomic mass is 10.4. The van der Waals surface area contributed by atoms with E-state index in [1.54, 1.807) is 0 Å². The molecule has 0 saturated heterocycles. The summed E-state index contributed by atoms with van der Waals surface area (Å²) in [5, 5.41) is 0. The van der Waals surface area contributed by atoms with Crippen LogP contribution in [-0.4, -0.2) is 24.2 Å². The van der Waals surface area contributed by atoms with Crippen LogP contribution in [-0.2, 0) is 0 Å². The van der Waals surface area contributed by atoms with Crippen LogP contribution in [0.25, 0.3) is 0 Å². The van der Waals surface area contributed by atoms with Crippen LogP contribution in [0.3, 0.4) is 0 Å². The first-order valence-corrected chi connectivity index (χ1v) is 16.9. The molecule has 0 N–H and O–H groups in total. The van der Waals surface area contributed by atoms with Gasteiger partial charge in [-0.15, -0.1) is 6.58 Å². The second kappa shape index (κ2) is 4.94. The van der Waals surface area contributed by atoms with Crippen LogP contribution in [0.5, 0.6) is 0 Å². The van der Waals surface area contributed by atoms with Gasteiger partial charge in [0.05, 0.1) is 0 Å². The van der Waals surface area contributed by atoms with Gasteiger partial charge in [0.1, 0.15) is 0 Å². The minimum Gasteiger partial charge on any atom is -0.100 e. The van der Waals surface area contributed by atoms with E-state index in [0.29, 0.717) is 0 Å². The maximum Gasteiger partial charge on any atom is 0.0492 e. The number of allylic oxidation sites excluding steroid dienone is 1. The molecule has 3 heteroatoms. The maximum atomic E-state index is 4.15. The fourth-order valence-electron chi connectivity index (χ4n) is 4.52. The minimum absolute atomic E-state index is 1.04. The standard InChI is InChI=1S/C13H32Si3/c1-12(2)11-16(9,10)13(14(3,4)5)15(6,7)8/h13H,1,11H2,2-10H3. The van der Waals surface area contributed by atoms with Crippen LogP contribution in [0.4, 0.5) is 0 Å². The third kappa shape index (κ3) is 4.72. The maximum absolute atomic E-state index is 4.15. The Bertz CT molecular complexity index is 239. The molecule has 0 heterocycles. The first kappa shape index (κ1) is 16.4. The van der Waals surface area contributed by atoms with Crippen LogP contribution in [0.2, 0.25) is 63.2 Å². The smallest absolute Gasteiger partial charge is 0.0492 e. The fourth-order valence-corrected chi connectivity index (χ4v) is 36.0. The van der Waals surface area contributed by atoms with Gasteiger partial charge in [-0.1, -0.05) is 62.7 Å². The van der Waals surface area contributed by atoms with Crippen molar-refractivity contribution < 1.29 is 0 Å². The predicted molar refractivity (Wildman–Crippen MR) is 87.5 cm³/mol. The number of rotatable bonds is 5. The molecule has 0 fully saturated rings. The molecule has 0 aliphatic carbocycles. The summed E-state index contributed by atoms with van der Waals surface area (Å²) in [7, 11) is -3.23. The highest BCUT2D eigenvalue weighted by atomic mass is 28.5. The summed E-state index contributed by atoms with van der Waals surface area (Å²) >= 11 is 0. The molecule has 0 aliphatic rings. The predicted octanol–water partition coefficient (Wildman–Crippen LogP) is 5.40. The molecule has 0 aromatic heterocycles. The Morgan fingerprint density at radius 3 is 1.38 bits per heavy atom. The molecule has 0 aliphatic heterocycles. The van der Waals surface area contributed by atoms with Gasteiger partial charge in [-0.25, -0.2) is 0 Å². The van der Waals surface area contributed by atoms with Crippen molar-refractivity contribution in [2.45, 2.75) is 70.1 Å². The molecule has 16 heavy (non-hydrogen) atoms. The lowest BCUT2D eigenvalue weighted by Gasteiger charge is -2.48. The van der Waals surface area contributed by atoms with Gasteiger partial charge in [0.2, 0.25) is 0 Å². The first-order valence-electron chi connectivity index (χ1n) is 6.43. The van der Waals surface area contributed by atoms with Gasteiger partial charge in [0.25, 0.3) is 0 Å². The zero-order chi connectivity index (χ0) is 13.4. The molecule has 0 nitrogen and oxygen atoms in total. The van der Waals surface area contributed by atoms with E-state index in [4.69, 9.17) is 0 Å². The summed E-state index contributed by atoms with van der Waals surface area (Å²) in [5.41, 5.74) is 1.40. The minimum atomic E-state index is -1.14. The third-order valence-electron chi connectivity index (χ3n) is 3.27. The SMILES string of the molecule is C=C(C)C[Si](C)(C)C([Si](C)(C)C)[Si](C)(C)C.